The number of benzene rings is 2. The van der Waals surface area contributed by atoms with Crippen molar-refractivity contribution < 1.29 is 4.74 Å². The molecule has 0 aromatic heterocycles. The summed E-state index contributed by atoms with van der Waals surface area (Å²) in [6, 6.07) is 14.8. The highest BCUT2D eigenvalue weighted by Crippen LogP contribution is 2.23. The van der Waals surface area contributed by atoms with Crippen molar-refractivity contribution in [3.05, 3.63) is 42.5 Å². The molecule has 0 fully saturated rings. The van der Waals surface area contributed by atoms with E-state index in [9.17, 15) is 0 Å². The van der Waals surface area contributed by atoms with Crippen LogP contribution in [0.25, 0.3) is 10.8 Å². The van der Waals surface area contributed by atoms with Crippen LogP contribution in [0, 0.1) is 0 Å². The first-order valence-corrected chi connectivity index (χ1v) is 5.49. The van der Waals surface area contributed by atoms with Crippen LogP contribution in [0.2, 0.25) is 0 Å². The first kappa shape index (κ1) is 9.56. The molecule has 0 atom stereocenters. The first-order valence-electron chi connectivity index (χ1n) is 4.51. The summed E-state index contributed by atoms with van der Waals surface area (Å²) in [4.78, 5) is 1.26. The van der Waals surface area contributed by atoms with E-state index in [0.717, 1.165) is 0 Å². The molecule has 0 aliphatic heterocycles. The highest BCUT2D eigenvalue weighted by atomic mass is 32.2. The molecular weight excluding hydrogens is 192 g/mol. The summed E-state index contributed by atoms with van der Waals surface area (Å²) in [5.41, 5.74) is 0. The van der Waals surface area contributed by atoms with Crippen LogP contribution in [0.4, 0.5) is 0 Å². The summed E-state index contributed by atoms with van der Waals surface area (Å²) >= 11 is 1.71. The lowest BCUT2D eigenvalue weighted by Gasteiger charge is -2.02. The van der Waals surface area contributed by atoms with Gasteiger partial charge in [0.05, 0.1) is 5.94 Å². The van der Waals surface area contributed by atoms with E-state index in [-0.39, 0.29) is 0 Å². The Kier molecular flexibility index (Phi) is 3.07. The number of ether oxygens (including phenoxy) is 1. The summed E-state index contributed by atoms with van der Waals surface area (Å²) in [6.45, 7) is 0. The third kappa shape index (κ3) is 2.08. The van der Waals surface area contributed by atoms with Crippen LogP contribution < -0.4 is 0 Å². The standard InChI is InChI=1S/C12H12OS/c1-13-9-14-12-7-6-10-4-2-3-5-11(10)8-12/h2-8H,9H2,1H3. The Hall–Kier alpha value is -0.990. The van der Waals surface area contributed by atoms with Gasteiger partial charge in [0.25, 0.3) is 0 Å². The minimum Gasteiger partial charge on any atom is -0.374 e. The van der Waals surface area contributed by atoms with Crippen LogP contribution in [0.3, 0.4) is 0 Å². The van der Waals surface area contributed by atoms with Crippen molar-refractivity contribution in [2.75, 3.05) is 13.0 Å². The van der Waals surface area contributed by atoms with E-state index in [4.69, 9.17) is 4.74 Å². The number of rotatable bonds is 3. The molecule has 0 aliphatic carbocycles. The van der Waals surface area contributed by atoms with Crippen molar-refractivity contribution in [2.24, 2.45) is 0 Å². The minimum absolute atomic E-state index is 0.707. The van der Waals surface area contributed by atoms with Gasteiger partial charge in [-0.25, -0.2) is 0 Å². The van der Waals surface area contributed by atoms with E-state index in [1.807, 2.05) is 0 Å². The van der Waals surface area contributed by atoms with E-state index in [1.54, 1.807) is 18.9 Å². The van der Waals surface area contributed by atoms with Crippen LogP contribution in [-0.2, 0) is 4.74 Å². The van der Waals surface area contributed by atoms with Gasteiger partial charge in [-0.2, -0.15) is 0 Å². The van der Waals surface area contributed by atoms with Crippen molar-refractivity contribution in [2.45, 2.75) is 4.90 Å². The zero-order valence-corrected chi connectivity index (χ0v) is 8.88. The molecule has 0 spiro atoms. The number of methoxy groups -OCH3 is 1. The molecule has 2 aromatic rings. The fraction of sp³-hybridized carbons (Fsp3) is 0.167. The normalized spacial score (nSPS) is 10.6. The fourth-order valence-electron chi connectivity index (χ4n) is 1.38. The third-order valence-electron chi connectivity index (χ3n) is 2.06. The Morgan fingerprint density at radius 3 is 2.64 bits per heavy atom. The predicted molar refractivity (Wildman–Crippen MR) is 61.7 cm³/mol. The summed E-state index contributed by atoms with van der Waals surface area (Å²) in [5, 5.41) is 2.57. The van der Waals surface area contributed by atoms with Crippen molar-refractivity contribution in [1.82, 2.24) is 0 Å². The topological polar surface area (TPSA) is 9.23 Å². The molecule has 0 bridgehead atoms. The maximum Gasteiger partial charge on any atom is 0.0963 e. The molecule has 2 rings (SSSR count). The average molecular weight is 204 g/mol. The Balaban J connectivity index is 2.32. The fourth-order valence-corrected chi connectivity index (χ4v) is 2.01. The molecule has 0 radical (unpaired) electrons. The van der Waals surface area contributed by atoms with Gasteiger partial charge < -0.3 is 4.74 Å². The van der Waals surface area contributed by atoms with Crippen molar-refractivity contribution >= 4 is 22.5 Å². The van der Waals surface area contributed by atoms with Crippen LogP contribution in [0.1, 0.15) is 0 Å². The summed E-state index contributed by atoms with van der Waals surface area (Å²) in [5.74, 6) is 0.707. The highest BCUT2D eigenvalue weighted by molar-refractivity contribution is 7.99. The Bertz CT molecular complexity index is 425. The molecule has 0 saturated carbocycles. The van der Waals surface area contributed by atoms with E-state index in [2.05, 4.69) is 42.5 Å². The predicted octanol–water partition coefficient (Wildman–Crippen LogP) is 3.54. The molecule has 72 valence electrons. The van der Waals surface area contributed by atoms with E-state index < -0.39 is 0 Å². The van der Waals surface area contributed by atoms with E-state index in [1.165, 1.54) is 15.7 Å². The maximum atomic E-state index is 5.02. The lowest BCUT2D eigenvalue weighted by Crippen LogP contribution is -1.81. The van der Waals surface area contributed by atoms with E-state index in [0.29, 0.717) is 5.94 Å². The Labute approximate surface area is 88.1 Å². The van der Waals surface area contributed by atoms with Crippen LogP contribution in [0.5, 0.6) is 0 Å². The van der Waals surface area contributed by atoms with Crippen molar-refractivity contribution in [3.8, 4) is 0 Å². The highest BCUT2D eigenvalue weighted by Gasteiger charge is 1.95. The van der Waals surface area contributed by atoms with Crippen molar-refractivity contribution in [3.63, 3.8) is 0 Å². The van der Waals surface area contributed by atoms with Crippen molar-refractivity contribution in [1.29, 1.82) is 0 Å². The van der Waals surface area contributed by atoms with Gasteiger partial charge in [-0.05, 0) is 22.9 Å². The van der Waals surface area contributed by atoms with Crippen LogP contribution >= 0.6 is 11.8 Å². The number of thioether (sulfide) groups is 1. The second kappa shape index (κ2) is 4.49. The molecule has 14 heavy (non-hydrogen) atoms. The molecule has 2 aromatic carbocycles. The van der Waals surface area contributed by atoms with Gasteiger partial charge in [0.15, 0.2) is 0 Å². The molecule has 0 unspecified atom stereocenters. The molecule has 0 amide bonds. The Morgan fingerprint density at radius 1 is 1.07 bits per heavy atom. The second-order valence-electron chi connectivity index (χ2n) is 3.06. The molecule has 0 heterocycles. The van der Waals surface area contributed by atoms with Gasteiger partial charge in [-0.3, -0.25) is 0 Å². The van der Waals surface area contributed by atoms with Gasteiger partial charge in [-0.1, -0.05) is 42.1 Å². The minimum atomic E-state index is 0.707. The largest absolute Gasteiger partial charge is 0.374 e. The number of fused-ring (bicyclic) bond motifs is 1. The monoisotopic (exact) mass is 204 g/mol. The third-order valence-corrected chi connectivity index (χ3v) is 3.01. The quantitative estimate of drug-likeness (QED) is 0.558. The summed E-state index contributed by atoms with van der Waals surface area (Å²) < 4.78 is 5.02. The summed E-state index contributed by atoms with van der Waals surface area (Å²) in [6.07, 6.45) is 0. The number of hydrogen-bond donors (Lipinski definition) is 0. The van der Waals surface area contributed by atoms with Gasteiger partial charge in [0.2, 0.25) is 0 Å². The maximum absolute atomic E-state index is 5.02. The SMILES string of the molecule is COCSc1ccc2ccccc2c1. The lowest BCUT2D eigenvalue weighted by molar-refractivity contribution is 0.259. The molecule has 1 nitrogen and oxygen atoms in total. The molecule has 0 N–H and O–H groups in total. The van der Waals surface area contributed by atoms with Crippen LogP contribution in [0.15, 0.2) is 47.4 Å². The van der Waals surface area contributed by atoms with E-state index >= 15 is 0 Å². The number of hydrogen-bond acceptors (Lipinski definition) is 2. The first-order chi connectivity index (χ1) is 6.90. The van der Waals surface area contributed by atoms with Gasteiger partial charge >= 0.3 is 0 Å². The average Bonchev–Trinajstić information content (AvgIpc) is 2.26. The molecule has 0 aliphatic rings. The van der Waals surface area contributed by atoms with Gasteiger partial charge in [0.1, 0.15) is 0 Å². The van der Waals surface area contributed by atoms with Gasteiger partial charge in [0, 0.05) is 12.0 Å². The lowest BCUT2D eigenvalue weighted by atomic mass is 10.1. The zero-order chi connectivity index (χ0) is 9.80. The molecular formula is C12H12OS. The smallest absolute Gasteiger partial charge is 0.0963 e. The zero-order valence-electron chi connectivity index (χ0n) is 8.07. The summed E-state index contributed by atoms with van der Waals surface area (Å²) in [7, 11) is 1.72. The molecule has 2 heteroatoms. The van der Waals surface area contributed by atoms with Gasteiger partial charge in [-0.15, -0.1) is 0 Å². The second-order valence-corrected chi connectivity index (χ2v) is 4.06. The van der Waals surface area contributed by atoms with Crippen LogP contribution in [-0.4, -0.2) is 13.0 Å². The molecule has 0 saturated heterocycles. The Morgan fingerprint density at radius 2 is 1.86 bits per heavy atom.